The van der Waals surface area contributed by atoms with Crippen LogP contribution >= 0.6 is 0 Å². The number of carboxylic acid groups (broad SMARTS) is 1. The molecular weight excluding hydrogens is 395 g/mol. The number of fused-ring (bicyclic) bond motifs is 4. The SMILES string of the molecule is O=C(O)C1C2Cc3cc(OCc4cc(-c5cnc6[nH]ccc6c5)ccc4F)ccc3C21. The Kier molecular flexibility index (Phi) is 3.90. The van der Waals surface area contributed by atoms with Gasteiger partial charge in [0.15, 0.2) is 0 Å². The maximum atomic E-state index is 14.4. The van der Waals surface area contributed by atoms with Crippen LogP contribution in [-0.4, -0.2) is 21.0 Å². The van der Waals surface area contributed by atoms with Gasteiger partial charge in [-0.3, -0.25) is 4.79 Å². The summed E-state index contributed by atoms with van der Waals surface area (Å²) in [5, 5.41) is 10.3. The van der Waals surface area contributed by atoms with Crippen LogP contribution in [0.4, 0.5) is 4.39 Å². The van der Waals surface area contributed by atoms with Crippen LogP contribution < -0.4 is 4.74 Å². The fourth-order valence-corrected chi connectivity index (χ4v) is 4.94. The molecule has 2 aromatic carbocycles. The summed E-state index contributed by atoms with van der Waals surface area (Å²) in [6.07, 6.45) is 4.38. The summed E-state index contributed by atoms with van der Waals surface area (Å²) in [7, 11) is 0. The second kappa shape index (κ2) is 6.67. The highest BCUT2D eigenvalue weighted by atomic mass is 19.1. The molecule has 2 aliphatic carbocycles. The Morgan fingerprint density at radius 2 is 2.06 bits per heavy atom. The molecule has 1 fully saturated rings. The fourth-order valence-electron chi connectivity index (χ4n) is 4.94. The second-order valence-corrected chi connectivity index (χ2v) is 8.35. The molecule has 0 aliphatic heterocycles. The molecule has 0 bridgehead atoms. The molecule has 2 heterocycles. The van der Waals surface area contributed by atoms with Gasteiger partial charge in [-0.15, -0.1) is 0 Å². The smallest absolute Gasteiger partial charge is 0.307 e. The number of hydrogen-bond donors (Lipinski definition) is 2. The third-order valence-corrected chi connectivity index (χ3v) is 6.56. The molecule has 6 rings (SSSR count). The summed E-state index contributed by atoms with van der Waals surface area (Å²) >= 11 is 0. The summed E-state index contributed by atoms with van der Waals surface area (Å²) in [4.78, 5) is 18.7. The standard InChI is InChI=1S/C25H19FN2O3/c26-21-4-1-13(16-8-14-5-6-27-24(14)28-11-16)7-17(21)12-31-18-2-3-19-15(9-18)10-20-22(19)23(20)25(29)30/h1-9,11,20,22-23H,10,12H2,(H,27,28)(H,29,30). The van der Waals surface area contributed by atoms with Crippen LogP contribution in [0.2, 0.25) is 0 Å². The molecule has 3 unspecified atom stereocenters. The number of aromatic nitrogens is 2. The first-order chi connectivity index (χ1) is 15.1. The first-order valence-electron chi connectivity index (χ1n) is 10.3. The number of pyridine rings is 1. The molecule has 1 saturated carbocycles. The monoisotopic (exact) mass is 414 g/mol. The van der Waals surface area contributed by atoms with E-state index in [4.69, 9.17) is 4.74 Å². The van der Waals surface area contributed by atoms with Crippen LogP contribution in [0.5, 0.6) is 5.75 Å². The number of nitrogens with one attached hydrogen (secondary N) is 1. The van der Waals surface area contributed by atoms with Crippen LogP contribution in [0, 0.1) is 17.7 Å². The van der Waals surface area contributed by atoms with Gasteiger partial charge in [0.25, 0.3) is 0 Å². The van der Waals surface area contributed by atoms with Crippen LogP contribution in [0.1, 0.15) is 22.6 Å². The number of ether oxygens (including phenoxy) is 1. The molecule has 0 amide bonds. The molecular formula is C25H19FN2O3. The maximum absolute atomic E-state index is 14.4. The number of carboxylic acids is 1. The van der Waals surface area contributed by atoms with E-state index in [1.54, 1.807) is 18.3 Å². The minimum absolute atomic E-state index is 0.114. The van der Waals surface area contributed by atoms with Gasteiger partial charge in [-0.1, -0.05) is 12.1 Å². The van der Waals surface area contributed by atoms with Crippen molar-refractivity contribution >= 4 is 17.0 Å². The summed E-state index contributed by atoms with van der Waals surface area (Å²) in [6, 6.07) is 14.7. The van der Waals surface area contributed by atoms with Crippen molar-refractivity contribution in [3.63, 3.8) is 0 Å². The molecule has 3 atom stereocenters. The number of nitrogens with zero attached hydrogens (tertiary/aromatic N) is 1. The molecule has 2 N–H and O–H groups in total. The number of aliphatic carboxylic acids is 1. The molecule has 4 aromatic rings. The third kappa shape index (κ3) is 2.98. The first-order valence-corrected chi connectivity index (χ1v) is 10.3. The van der Waals surface area contributed by atoms with Gasteiger partial charge >= 0.3 is 5.97 Å². The summed E-state index contributed by atoms with van der Waals surface area (Å²) in [5.41, 5.74) is 5.34. The van der Waals surface area contributed by atoms with Gasteiger partial charge in [0.1, 0.15) is 23.8 Å². The number of hydrogen-bond acceptors (Lipinski definition) is 3. The van der Waals surface area contributed by atoms with E-state index < -0.39 is 5.97 Å². The highest BCUT2D eigenvalue weighted by molar-refractivity contribution is 5.81. The lowest BCUT2D eigenvalue weighted by Gasteiger charge is -2.12. The highest BCUT2D eigenvalue weighted by Crippen LogP contribution is 2.61. The van der Waals surface area contributed by atoms with Crippen LogP contribution in [-0.2, 0) is 17.8 Å². The van der Waals surface area contributed by atoms with Gasteiger partial charge < -0.3 is 14.8 Å². The van der Waals surface area contributed by atoms with Gasteiger partial charge in [-0.2, -0.15) is 0 Å². The fraction of sp³-hybridized carbons (Fsp3) is 0.200. The molecule has 0 radical (unpaired) electrons. The number of carbonyl (C=O) groups is 1. The number of benzene rings is 2. The normalized spacial score (nSPS) is 21.0. The first kappa shape index (κ1) is 18.1. The predicted molar refractivity (Wildman–Crippen MR) is 113 cm³/mol. The number of aromatic amines is 1. The number of halogens is 1. The van der Waals surface area contributed by atoms with E-state index in [2.05, 4.69) is 9.97 Å². The third-order valence-electron chi connectivity index (χ3n) is 6.56. The van der Waals surface area contributed by atoms with Crippen molar-refractivity contribution < 1.29 is 19.0 Å². The van der Waals surface area contributed by atoms with Crippen molar-refractivity contribution in [2.45, 2.75) is 18.9 Å². The highest BCUT2D eigenvalue weighted by Gasteiger charge is 2.59. The van der Waals surface area contributed by atoms with Crippen molar-refractivity contribution in [2.24, 2.45) is 11.8 Å². The van der Waals surface area contributed by atoms with E-state index >= 15 is 0 Å². The van der Waals surface area contributed by atoms with Gasteiger partial charge in [0, 0.05) is 34.8 Å². The largest absolute Gasteiger partial charge is 0.489 e. The van der Waals surface area contributed by atoms with Gasteiger partial charge in [-0.05, 0) is 65.4 Å². The molecule has 0 saturated heterocycles. The Balaban J connectivity index is 1.21. The van der Waals surface area contributed by atoms with Crippen molar-refractivity contribution in [1.82, 2.24) is 9.97 Å². The van der Waals surface area contributed by atoms with Crippen molar-refractivity contribution in [1.29, 1.82) is 0 Å². The summed E-state index contributed by atoms with van der Waals surface area (Å²) in [5.74, 6) is -0.235. The lowest BCUT2D eigenvalue weighted by molar-refractivity contribution is -0.139. The zero-order valence-electron chi connectivity index (χ0n) is 16.5. The van der Waals surface area contributed by atoms with E-state index in [0.717, 1.165) is 39.7 Å². The van der Waals surface area contributed by atoms with Crippen LogP contribution in [0.15, 0.2) is 60.9 Å². The van der Waals surface area contributed by atoms with E-state index in [9.17, 15) is 14.3 Å². The van der Waals surface area contributed by atoms with Gasteiger partial charge in [0.05, 0.1) is 5.92 Å². The average molecular weight is 414 g/mol. The minimum Gasteiger partial charge on any atom is -0.489 e. The Bertz CT molecular complexity index is 1350. The summed E-state index contributed by atoms with van der Waals surface area (Å²) in [6.45, 7) is 0.114. The summed E-state index contributed by atoms with van der Waals surface area (Å²) < 4.78 is 20.3. The maximum Gasteiger partial charge on any atom is 0.307 e. The molecule has 31 heavy (non-hydrogen) atoms. The van der Waals surface area contributed by atoms with Crippen molar-refractivity contribution in [2.75, 3.05) is 0 Å². The van der Waals surface area contributed by atoms with E-state index in [0.29, 0.717) is 11.3 Å². The number of rotatable bonds is 5. The minimum atomic E-state index is -0.706. The van der Waals surface area contributed by atoms with E-state index in [-0.39, 0.29) is 30.2 Å². The van der Waals surface area contributed by atoms with Crippen LogP contribution in [0.25, 0.3) is 22.2 Å². The van der Waals surface area contributed by atoms with Crippen molar-refractivity contribution in [3.8, 4) is 16.9 Å². The molecule has 154 valence electrons. The Hall–Kier alpha value is -3.67. The van der Waals surface area contributed by atoms with Gasteiger partial charge in [-0.25, -0.2) is 9.37 Å². The predicted octanol–water partition coefficient (Wildman–Crippen LogP) is 4.92. The second-order valence-electron chi connectivity index (χ2n) is 8.35. The lowest BCUT2D eigenvalue weighted by Crippen LogP contribution is -2.05. The molecule has 2 aliphatic rings. The zero-order valence-corrected chi connectivity index (χ0v) is 16.5. The average Bonchev–Trinajstić information content (AvgIpc) is 3.11. The Labute approximate surface area is 177 Å². The van der Waals surface area contributed by atoms with Crippen LogP contribution in [0.3, 0.4) is 0 Å². The Morgan fingerprint density at radius 1 is 1.16 bits per heavy atom. The zero-order chi connectivity index (χ0) is 21.1. The Morgan fingerprint density at radius 3 is 2.94 bits per heavy atom. The molecule has 6 heteroatoms. The van der Waals surface area contributed by atoms with Gasteiger partial charge in [0.2, 0.25) is 0 Å². The quantitative estimate of drug-likeness (QED) is 0.486. The lowest BCUT2D eigenvalue weighted by atomic mass is 10.0. The topological polar surface area (TPSA) is 75.2 Å². The molecule has 2 aromatic heterocycles. The molecule has 5 nitrogen and oxygen atoms in total. The molecule has 0 spiro atoms. The van der Waals surface area contributed by atoms with E-state index in [1.165, 1.54) is 6.07 Å². The van der Waals surface area contributed by atoms with Crippen molar-refractivity contribution in [3.05, 3.63) is 83.4 Å². The number of H-pyrrole nitrogens is 1. The van der Waals surface area contributed by atoms with E-state index in [1.807, 2.05) is 36.5 Å².